The van der Waals surface area contributed by atoms with Gasteiger partial charge in [0.25, 0.3) is 0 Å². The van der Waals surface area contributed by atoms with E-state index in [1.807, 2.05) is 12.1 Å². The fraction of sp³-hybridized carbons (Fsp3) is 0. The van der Waals surface area contributed by atoms with Gasteiger partial charge in [0, 0.05) is 16.8 Å². The Bertz CT molecular complexity index is 453. The average Bonchev–Trinajstić information content (AvgIpc) is 2.22. The van der Waals surface area contributed by atoms with E-state index in [2.05, 4.69) is 11.9 Å². The topological polar surface area (TPSA) is 22.1 Å². The van der Waals surface area contributed by atoms with Crippen molar-refractivity contribution in [2.24, 2.45) is 0 Å². The van der Waals surface area contributed by atoms with E-state index in [4.69, 9.17) is 16.3 Å². The van der Waals surface area contributed by atoms with E-state index in [-0.39, 0.29) is 0 Å². The van der Waals surface area contributed by atoms with Crippen LogP contribution in [0, 0.1) is 6.92 Å². The van der Waals surface area contributed by atoms with E-state index in [1.165, 1.54) is 0 Å². The maximum absolute atomic E-state index is 5.76. The van der Waals surface area contributed by atoms with Crippen molar-refractivity contribution in [3.8, 4) is 11.6 Å². The van der Waals surface area contributed by atoms with Gasteiger partial charge in [-0.3, -0.25) is 0 Å². The Hall–Kier alpha value is -1.54. The first-order valence-electron chi connectivity index (χ1n) is 4.46. The summed E-state index contributed by atoms with van der Waals surface area (Å²) in [6.45, 7) is 3.72. The highest BCUT2D eigenvalue weighted by molar-refractivity contribution is 6.30. The molecule has 0 spiro atoms. The Kier molecular flexibility index (Phi) is 2.88. The average molecular weight is 219 g/mol. The first-order chi connectivity index (χ1) is 7.24. The van der Waals surface area contributed by atoms with Gasteiger partial charge in [-0.05, 0) is 37.3 Å². The maximum Gasteiger partial charge on any atom is 0.219 e. The molecule has 75 valence electrons. The lowest BCUT2D eigenvalue weighted by Crippen LogP contribution is -1.88. The Morgan fingerprint density at radius 1 is 1.07 bits per heavy atom. The molecule has 0 saturated heterocycles. The molecule has 0 aliphatic rings. The Balaban J connectivity index is 2.18. The standard InChI is InChI=1S/C12H9ClNO/c1-9-3-2-4-12(14-9)15-11-7-5-10(13)6-8-11/h2-8H,1H2. The highest BCUT2D eigenvalue weighted by Crippen LogP contribution is 2.21. The van der Waals surface area contributed by atoms with Gasteiger partial charge in [-0.1, -0.05) is 17.7 Å². The van der Waals surface area contributed by atoms with Crippen LogP contribution >= 0.6 is 11.6 Å². The van der Waals surface area contributed by atoms with E-state index < -0.39 is 0 Å². The van der Waals surface area contributed by atoms with E-state index in [9.17, 15) is 0 Å². The van der Waals surface area contributed by atoms with Gasteiger partial charge in [-0.2, -0.15) is 0 Å². The molecule has 2 rings (SSSR count). The third-order valence-corrected chi connectivity index (χ3v) is 2.07. The molecule has 3 heteroatoms. The second-order valence-electron chi connectivity index (χ2n) is 3.02. The highest BCUT2D eigenvalue weighted by Gasteiger charge is 1.98. The van der Waals surface area contributed by atoms with Gasteiger partial charge >= 0.3 is 0 Å². The molecule has 1 heterocycles. The summed E-state index contributed by atoms with van der Waals surface area (Å²) < 4.78 is 5.50. The molecule has 15 heavy (non-hydrogen) atoms. The predicted octanol–water partition coefficient (Wildman–Crippen LogP) is 3.71. The van der Waals surface area contributed by atoms with Gasteiger partial charge in [0.1, 0.15) is 5.75 Å². The van der Waals surface area contributed by atoms with Crippen LogP contribution in [0.5, 0.6) is 11.6 Å². The van der Waals surface area contributed by atoms with Crippen molar-refractivity contribution in [2.45, 2.75) is 0 Å². The summed E-state index contributed by atoms with van der Waals surface area (Å²) in [7, 11) is 0. The summed E-state index contributed by atoms with van der Waals surface area (Å²) in [4.78, 5) is 4.12. The number of hydrogen-bond donors (Lipinski definition) is 0. The molecule has 0 bridgehead atoms. The first kappa shape index (κ1) is 9.99. The van der Waals surface area contributed by atoms with Crippen molar-refractivity contribution in [1.29, 1.82) is 0 Å². The second-order valence-corrected chi connectivity index (χ2v) is 3.46. The van der Waals surface area contributed by atoms with E-state index >= 15 is 0 Å². The summed E-state index contributed by atoms with van der Waals surface area (Å²) in [5, 5.41) is 0.682. The number of halogens is 1. The predicted molar refractivity (Wildman–Crippen MR) is 60.2 cm³/mol. The number of benzene rings is 1. The zero-order valence-corrected chi connectivity index (χ0v) is 8.74. The lowest BCUT2D eigenvalue weighted by atomic mass is 10.3. The summed E-state index contributed by atoms with van der Waals surface area (Å²) in [5.74, 6) is 1.24. The van der Waals surface area contributed by atoms with Crippen LogP contribution in [0.3, 0.4) is 0 Å². The zero-order valence-electron chi connectivity index (χ0n) is 7.98. The molecule has 2 aromatic rings. The van der Waals surface area contributed by atoms with Gasteiger partial charge in [-0.25, -0.2) is 4.98 Å². The fourth-order valence-electron chi connectivity index (χ4n) is 1.14. The Morgan fingerprint density at radius 2 is 1.80 bits per heavy atom. The minimum absolute atomic E-state index is 0.532. The van der Waals surface area contributed by atoms with E-state index in [0.717, 1.165) is 0 Å². The number of pyridine rings is 1. The SMILES string of the molecule is [CH2]c1cccc(Oc2ccc(Cl)cc2)n1. The van der Waals surface area contributed by atoms with Crippen LogP contribution in [-0.2, 0) is 0 Å². The molecular formula is C12H9ClNO. The van der Waals surface area contributed by atoms with E-state index in [1.54, 1.807) is 30.3 Å². The maximum atomic E-state index is 5.76. The molecule has 0 aliphatic carbocycles. The molecule has 0 N–H and O–H groups in total. The van der Waals surface area contributed by atoms with Crippen molar-refractivity contribution in [3.05, 3.63) is 60.1 Å². The number of ether oxygens (including phenoxy) is 1. The van der Waals surface area contributed by atoms with Crippen LogP contribution in [0.15, 0.2) is 42.5 Å². The smallest absolute Gasteiger partial charge is 0.219 e. The molecule has 2 nitrogen and oxygen atoms in total. The highest BCUT2D eigenvalue weighted by atomic mass is 35.5. The van der Waals surface area contributed by atoms with Crippen LogP contribution in [0.25, 0.3) is 0 Å². The van der Waals surface area contributed by atoms with Crippen LogP contribution < -0.4 is 4.74 Å². The zero-order chi connectivity index (χ0) is 10.7. The summed E-state index contributed by atoms with van der Waals surface area (Å²) in [5.41, 5.74) is 0.682. The Morgan fingerprint density at radius 3 is 2.47 bits per heavy atom. The molecule has 1 aromatic heterocycles. The summed E-state index contributed by atoms with van der Waals surface area (Å²) in [6, 6.07) is 12.6. The molecule has 1 radical (unpaired) electrons. The van der Waals surface area contributed by atoms with Crippen LogP contribution in [0.2, 0.25) is 5.02 Å². The third-order valence-electron chi connectivity index (χ3n) is 1.82. The fourth-order valence-corrected chi connectivity index (χ4v) is 1.26. The van der Waals surface area contributed by atoms with Gasteiger partial charge < -0.3 is 4.74 Å². The van der Waals surface area contributed by atoms with Gasteiger partial charge in [0.05, 0.1) is 0 Å². The van der Waals surface area contributed by atoms with Crippen molar-refractivity contribution < 1.29 is 4.74 Å². The number of aromatic nitrogens is 1. The normalized spacial score (nSPS) is 10.0. The third kappa shape index (κ3) is 2.70. The van der Waals surface area contributed by atoms with Gasteiger partial charge in [0.2, 0.25) is 5.88 Å². The lowest BCUT2D eigenvalue weighted by molar-refractivity contribution is 0.462. The molecule has 0 aliphatic heterocycles. The quantitative estimate of drug-likeness (QED) is 0.767. The number of nitrogens with zero attached hydrogens (tertiary/aromatic N) is 1. The first-order valence-corrected chi connectivity index (χ1v) is 4.84. The van der Waals surface area contributed by atoms with Gasteiger partial charge in [0.15, 0.2) is 0 Å². The monoisotopic (exact) mass is 218 g/mol. The minimum atomic E-state index is 0.532. The number of hydrogen-bond acceptors (Lipinski definition) is 2. The summed E-state index contributed by atoms with van der Waals surface area (Å²) >= 11 is 5.76. The van der Waals surface area contributed by atoms with Crippen molar-refractivity contribution in [2.75, 3.05) is 0 Å². The lowest BCUT2D eigenvalue weighted by Gasteiger charge is -2.04. The van der Waals surface area contributed by atoms with Crippen molar-refractivity contribution in [3.63, 3.8) is 0 Å². The molecule has 0 amide bonds. The van der Waals surface area contributed by atoms with Crippen molar-refractivity contribution >= 4 is 11.6 Å². The molecule has 0 saturated carbocycles. The van der Waals surface area contributed by atoms with Crippen molar-refractivity contribution in [1.82, 2.24) is 4.98 Å². The van der Waals surface area contributed by atoms with Crippen LogP contribution in [0.1, 0.15) is 5.69 Å². The molecule has 0 fully saturated rings. The van der Waals surface area contributed by atoms with Crippen LogP contribution in [-0.4, -0.2) is 4.98 Å². The Labute approximate surface area is 93.5 Å². The largest absolute Gasteiger partial charge is 0.439 e. The van der Waals surface area contributed by atoms with E-state index in [0.29, 0.717) is 22.3 Å². The second kappa shape index (κ2) is 4.32. The molecule has 0 atom stereocenters. The van der Waals surface area contributed by atoms with Crippen LogP contribution in [0.4, 0.5) is 0 Å². The molecule has 1 aromatic carbocycles. The minimum Gasteiger partial charge on any atom is -0.439 e. The summed E-state index contributed by atoms with van der Waals surface area (Å²) in [6.07, 6.45) is 0. The number of rotatable bonds is 2. The molecular weight excluding hydrogens is 210 g/mol. The molecule has 0 unspecified atom stereocenters. The van der Waals surface area contributed by atoms with Gasteiger partial charge in [-0.15, -0.1) is 0 Å².